The van der Waals surface area contributed by atoms with Crippen LogP contribution in [0.15, 0.2) is 48.6 Å². The molecule has 0 amide bonds. The number of hydrogen-bond acceptors (Lipinski definition) is 10. The van der Waals surface area contributed by atoms with Crippen molar-refractivity contribution in [1.29, 1.82) is 0 Å². The van der Waals surface area contributed by atoms with Crippen molar-refractivity contribution in [2.45, 2.75) is 198 Å². The van der Waals surface area contributed by atoms with E-state index in [1.165, 1.54) is 44.9 Å². The van der Waals surface area contributed by atoms with Crippen LogP contribution >= 0.6 is 0 Å². The Morgan fingerprint density at radius 2 is 1.09 bits per heavy atom. The number of rotatable bonds is 34. The maximum Gasteiger partial charge on any atom is 0.306 e. The number of hydrogen-bond donors (Lipinski definition) is 4. The summed E-state index contributed by atoms with van der Waals surface area (Å²) in [4.78, 5) is 25.2. The van der Waals surface area contributed by atoms with Gasteiger partial charge in [-0.2, -0.15) is 0 Å². The average molecular weight is 765 g/mol. The van der Waals surface area contributed by atoms with Crippen molar-refractivity contribution >= 4 is 11.9 Å². The molecular weight excluding hydrogens is 688 g/mol. The lowest BCUT2D eigenvalue weighted by atomic mass is 9.99. The summed E-state index contributed by atoms with van der Waals surface area (Å²) in [6.07, 6.45) is 32.6. The van der Waals surface area contributed by atoms with E-state index in [0.717, 1.165) is 83.5 Å². The Morgan fingerprint density at radius 1 is 0.593 bits per heavy atom. The van der Waals surface area contributed by atoms with Crippen molar-refractivity contribution in [3.05, 3.63) is 48.6 Å². The van der Waals surface area contributed by atoms with Crippen LogP contribution in [-0.4, -0.2) is 89.0 Å². The number of carbonyl (C=O) groups is 2. The lowest BCUT2D eigenvalue weighted by Crippen LogP contribution is -2.59. The van der Waals surface area contributed by atoms with Gasteiger partial charge in [-0.15, -0.1) is 0 Å². The molecule has 312 valence electrons. The highest BCUT2D eigenvalue weighted by molar-refractivity contribution is 5.70. The fourth-order valence-corrected chi connectivity index (χ4v) is 6.12. The molecule has 0 bridgehead atoms. The smallest absolute Gasteiger partial charge is 0.306 e. The lowest BCUT2D eigenvalue weighted by Gasteiger charge is -2.39. The molecule has 1 aliphatic heterocycles. The lowest BCUT2D eigenvalue weighted by molar-refractivity contribution is -0.305. The highest BCUT2D eigenvalue weighted by atomic mass is 16.7. The van der Waals surface area contributed by atoms with Crippen LogP contribution in [0.2, 0.25) is 0 Å². The zero-order chi connectivity index (χ0) is 39.5. The second-order valence-electron chi connectivity index (χ2n) is 14.4. The summed E-state index contributed by atoms with van der Waals surface area (Å²) >= 11 is 0. The molecule has 1 rings (SSSR count). The first-order chi connectivity index (χ1) is 26.3. The molecule has 54 heavy (non-hydrogen) atoms. The summed E-state index contributed by atoms with van der Waals surface area (Å²) in [5.41, 5.74) is 0. The Hall–Kier alpha value is -2.34. The Bertz CT molecular complexity index is 1020. The Balaban J connectivity index is 2.35. The molecule has 4 N–H and O–H groups in total. The van der Waals surface area contributed by atoms with E-state index < -0.39 is 49.4 Å². The molecule has 0 aromatic rings. The Labute approximate surface area is 327 Å². The normalized spacial score (nSPS) is 21.2. The zero-order valence-corrected chi connectivity index (χ0v) is 33.7. The van der Waals surface area contributed by atoms with Gasteiger partial charge < -0.3 is 39.4 Å². The SMILES string of the molecule is CC/C=C\C/C=C\C/C=C\C/C=C\CCCCCCCCC(=O)OC(COC(=O)CCCCCCCCCCCC)COC1OC(CO)C(O)C(O)C1O. The maximum atomic E-state index is 12.7. The molecule has 1 saturated heterocycles. The number of aliphatic hydroxyl groups excluding tert-OH is 4. The minimum Gasteiger partial charge on any atom is -0.462 e. The van der Waals surface area contributed by atoms with Crippen molar-refractivity contribution in [3.63, 3.8) is 0 Å². The second kappa shape index (κ2) is 35.1. The van der Waals surface area contributed by atoms with Crippen molar-refractivity contribution in [2.24, 2.45) is 0 Å². The molecule has 6 unspecified atom stereocenters. The van der Waals surface area contributed by atoms with E-state index in [-0.39, 0.29) is 32.0 Å². The summed E-state index contributed by atoms with van der Waals surface area (Å²) in [6.45, 7) is 3.27. The summed E-state index contributed by atoms with van der Waals surface area (Å²) in [5.74, 6) is -0.826. The van der Waals surface area contributed by atoms with Gasteiger partial charge in [0.25, 0.3) is 0 Å². The number of aliphatic hydroxyl groups is 4. The number of esters is 2. The number of unbranched alkanes of at least 4 members (excludes halogenated alkanes) is 15. The van der Waals surface area contributed by atoms with Crippen molar-refractivity contribution in [2.75, 3.05) is 19.8 Å². The van der Waals surface area contributed by atoms with Crippen molar-refractivity contribution < 1.29 is 49.0 Å². The van der Waals surface area contributed by atoms with E-state index >= 15 is 0 Å². The van der Waals surface area contributed by atoms with E-state index in [1.807, 2.05) is 0 Å². The molecular formula is C44H76O10. The topological polar surface area (TPSA) is 152 Å². The highest BCUT2D eigenvalue weighted by Crippen LogP contribution is 2.22. The first-order valence-corrected chi connectivity index (χ1v) is 21.2. The number of carbonyl (C=O) groups excluding carboxylic acids is 2. The molecule has 0 radical (unpaired) electrons. The third kappa shape index (κ3) is 26.5. The predicted octanol–water partition coefficient (Wildman–Crippen LogP) is 8.49. The van der Waals surface area contributed by atoms with Gasteiger partial charge in [0.15, 0.2) is 12.4 Å². The van der Waals surface area contributed by atoms with Crippen molar-refractivity contribution in [1.82, 2.24) is 0 Å². The van der Waals surface area contributed by atoms with Crippen LogP contribution < -0.4 is 0 Å². The fraction of sp³-hybridized carbons (Fsp3) is 0.773. The van der Waals surface area contributed by atoms with E-state index in [4.69, 9.17) is 18.9 Å². The van der Waals surface area contributed by atoms with Gasteiger partial charge in [0.2, 0.25) is 0 Å². The molecule has 10 nitrogen and oxygen atoms in total. The molecule has 0 saturated carbocycles. The largest absolute Gasteiger partial charge is 0.462 e. The van der Waals surface area contributed by atoms with Crippen LogP contribution in [0.4, 0.5) is 0 Å². The summed E-state index contributed by atoms with van der Waals surface area (Å²) in [6, 6.07) is 0. The second-order valence-corrected chi connectivity index (χ2v) is 14.4. The number of allylic oxidation sites excluding steroid dienone is 8. The predicted molar refractivity (Wildman–Crippen MR) is 215 cm³/mol. The quantitative estimate of drug-likeness (QED) is 0.0285. The van der Waals surface area contributed by atoms with Gasteiger partial charge in [0.1, 0.15) is 31.0 Å². The molecule has 1 aliphatic rings. The minimum absolute atomic E-state index is 0.213. The van der Waals surface area contributed by atoms with Gasteiger partial charge in [0.05, 0.1) is 13.2 Å². The molecule has 6 atom stereocenters. The van der Waals surface area contributed by atoms with Crippen molar-refractivity contribution in [3.8, 4) is 0 Å². The third-order valence-corrected chi connectivity index (χ3v) is 9.48. The van der Waals surface area contributed by atoms with Gasteiger partial charge in [-0.05, 0) is 51.4 Å². The molecule has 10 heteroatoms. The summed E-state index contributed by atoms with van der Waals surface area (Å²) in [5, 5.41) is 40.0. The molecule has 0 aromatic heterocycles. The zero-order valence-electron chi connectivity index (χ0n) is 33.7. The van der Waals surface area contributed by atoms with Gasteiger partial charge in [-0.25, -0.2) is 0 Å². The minimum atomic E-state index is -1.60. The Morgan fingerprint density at radius 3 is 1.65 bits per heavy atom. The van der Waals surface area contributed by atoms with Gasteiger partial charge in [0, 0.05) is 12.8 Å². The van der Waals surface area contributed by atoms with E-state index in [2.05, 4.69) is 62.5 Å². The van der Waals surface area contributed by atoms with E-state index in [9.17, 15) is 30.0 Å². The molecule has 1 heterocycles. The average Bonchev–Trinajstić information content (AvgIpc) is 3.17. The molecule has 0 aliphatic carbocycles. The highest BCUT2D eigenvalue weighted by Gasteiger charge is 2.44. The Kier molecular flexibility index (Phi) is 32.3. The monoisotopic (exact) mass is 765 g/mol. The molecule has 0 aromatic carbocycles. The third-order valence-electron chi connectivity index (χ3n) is 9.48. The van der Waals surface area contributed by atoms with E-state index in [1.54, 1.807) is 0 Å². The van der Waals surface area contributed by atoms with Crippen LogP contribution in [-0.2, 0) is 28.5 Å². The standard InChI is InChI=1S/C44H76O10/c1-3-5-7-9-11-13-15-16-17-18-19-20-21-22-23-25-27-29-31-33-40(47)53-37(36-52-44-43(50)42(49)41(48)38(34-45)54-44)35-51-39(46)32-30-28-26-24-14-12-10-8-6-4-2/h5,7,11,13,16-17,19-20,37-38,41-45,48-50H,3-4,6,8-10,12,14-15,18,21-36H2,1-2H3/b7-5-,13-11-,17-16-,20-19-. The summed E-state index contributed by atoms with van der Waals surface area (Å²) < 4.78 is 22.1. The van der Waals surface area contributed by atoms with Crippen LogP contribution in [0.25, 0.3) is 0 Å². The van der Waals surface area contributed by atoms with Gasteiger partial charge in [-0.1, -0.05) is 146 Å². The van der Waals surface area contributed by atoms with Gasteiger partial charge >= 0.3 is 11.9 Å². The molecule has 0 spiro atoms. The first kappa shape index (κ1) is 49.7. The van der Waals surface area contributed by atoms with Crippen LogP contribution in [0.5, 0.6) is 0 Å². The van der Waals surface area contributed by atoms with E-state index in [0.29, 0.717) is 6.42 Å². The maximum absolute atomic E-state index is 12.7. The van der Waals surface area contributed by atoms with Crippen LogP contribution in [0, 0.1) is 0 Å². The van der Waals surface area contributed by atoms with Gasteiger partial charge in [-0.3, -0.25) is 9.59 Å². The molecule has 1 fully saturated rings. The number of ether oxygens (including phenoxy) is 4. The first-order valence-electron chi connectivity index (χ1n) is 21.2. The van der Waals surface area contributed by atoms with Crippen LogP contribution in [0.3, 0.4) is 0 Å². The van der Waals surface area contributed by atoms with Crippen LogP contribution in [0.1, 0.15) is 162 Å². The fourth-order valence-electron chi connectivity index (χ4n) is 6.12. The summed E-state index contributed by atoms with van der Waals surface area (Å²) in [7, 11) is 0.